The van der Waals surface area contributed by atoms with Gasteiger partial charge in [-0.25, -0.2) is 8.42 Å². The van der Waals surface area contributed by atoms with Crippen LogP contribution in [-0.4, -0.2) is 30.1 Å². The van der Waals surface area contributed by atoms with E-state index in [1.807, 2.05) is 30.3 Å². The Labute approximate surface area is 167 Å². The van der Waals surface area contributed by atoms with Crippen LogP contribution in [0.3, 0.4) is 0 Å². The Morgan fingerprint density at radius 1 is 0.966 bits per heavy atom. The summed E-state index contributed by atoms with van der Waals surface area (Å²) in [5.41, 5.74) is 1.68. The van der Waals surface area contributed by atoms with Crippen LogP contribution < -0.4 is 0 Å². The number of aromatic nitrogens is 1. The molecule has 0 aliphatic carbocycles. The Morgan fingerprint density at radius 3 is 2.34 bits per heavy atom. The molecule has 0 N–H and O–H groups in total. The van der Waals surface area contributed by atoms with Gasteiger partial charge >= 0.3 is 6.18 Å². The van der Waals surface area contributed by atoms with Crippen LogP contribution in [0.25, 0.3) is 10.9 Å². The van der Waals surface area contributed by atoms with Gasteiger partial charge in [-0.15, -0.1) is 0 Å². The van der Waals surface area contributed by atoms with Crippen LogP contribution in [0, 0.1) is 0 Å². The van der Waals surface area contributed by atoms with Crippen molar-refractivity contribution in [1.29, 1.82) is 0 Å². The monoisotopic (exact) mass is 422 g/mol. The summed E-state index contributed by atoms with van der Waals surface area (Å²) < 4.78 is 69.3. The first-order valence-electron chi connectivity index (χ1n) is 9.35. The largest absolute Gasteiger partial charge is 0.418 e. The second kappa shape index (κ2) is 7.18. The van der Waals surface area contributed by atoms with Crippen molar-refractivity contribution in [3.05, 3.63) is 70.9 Å². The summed E-state index contributed by atoms with van der Waals surface area (Å²) in [5, 5.41) is 0.147. The molecule has 2 aromatic carbocycles. The number of alkyl halides is 3. The molecule has 1 aromatic heterocycles. The van der Waals surface area contributed by atoms with Crippen LogP contribution in [0.15, 0.2) is 48.5 Å². The summed E-state index contributed by atoms with van der Waals surface area (Å²) in [6.45, 7) is 0.420. The molecular formula is C21H21F3N2O2S. The van der Waals surface area contributed by atoms with Gasteiger partial charge in [0.05, 0.1) is 17.3 Å². The maximum absolute atomic E-state index is 14.1. The number of nitrogens with zero attached hydrogens (tertiary/aromatic N) is 2. The molecule has 1 aliphatic heterocycles. The van der Waals surface area contributed by atoms with Crippen molar-refractivity contribution < 1.29 is 21.6 Å². The van der Waals surface area contributed by atoms with E-state index in [0.29, 0.717) is 17.5 Å². The van der Waals surface area contributed by atoms with Crippen molar-refractivity contribution in [2.45, 2.75) is 32.1 Å². The van der Waals surface area contributed by atoms with Gasteiger partial charge in [-0.1, -0.05) is 48.5 Å². The molecule has 0 bridgehead atoms. The number of halogens is 3. The average Bonchev–Trinajstić information content (AvgIpc) is 2.83. The Morgan fingerprint density at radius 2 is 1.69 bits per heavy atom. The number of para-hydroxylation sites is 1. The Kier molecular flexibility index (Phi) is 4.94. The molecule has 0 saturated carbocycles. The Bertz CT molecular complexity index is 1150. The van der Waals surface area contributed by atoms with Gasteiger partial charge in [0.15, 0.2) is 0 Å². The molecule has 4 rings (SSSR count). The van der Waals surface area contributed by atoms with Crippen molar-refractivity contribution in [2.75, 3.05) is 12.8 Å². The van der Waals surface area contributed by atoms with Gasteiger partial charge in [0, 0.05) is 30.7 Å². The number of aryl methyl sites for hydroxylation is 1. The van der Waals surface area contributed by atoms with Crippen LogP contribution >= 0.6 is 0 Å². The topological polar surface area (TPSA) is 42.3 Å². The molecule has 2 heterocycles. The molecule has 154 valence electrons. The minimum absolute atomic E-state index is 0.0790. The van der Waals surface area contributed by atoms with E-state index in [9.17, 15) is 21.6 Å². The SMILES string of the molecule is CS(=O)(=O)N1CCn2c(CCc3ccccc3)c(C(F)(F)F)c3cccc(c32)C1. The summed E-state index contributed by atoms with van der Waals surface area (Å²) in [6.07, 6.45) is -2.65. The quantitative estimate of drug-likeness (QED) is 0.632. The third-order valence-electron chi connectivity index (χ3n) is 5.44. The van der Waals surface area contributed by atoms with Gasteiger partial charge in [-0.2, -0.15) is 17.5 Å². The molecule has 0 saturated heterocycles. The summed E-state index contributed by atoms with van der Waals surface area (Å²) in [6, 6.07) is 14.2. The van der Waals surface area contributed by atoms with Crippen LogP contribution in [-0.2, 0) is 42.1 Å². The van der Waals surface area contributed by atoms with Gasteiger partial charge in [0.2, 0.25) is 10.0 Å². The number of rotatable bonds is 4. The van der Waals surface area contributed by atoms with E-state index in [2.05, 4.69) is 0 Å². The minimum atomic E-state index is -4.48. The maximum Gasteiger partial charge on any atom is 0.418 e. The highest BCUT2D eigenvalue weighted by Gasteiger charge is 2.39. The van der Waals surface area contributed by atoms with Crippen LogP contribution in [0.1, 0.15) is 22.4 Å². The first-order valence-corrected chi connectivity index (χ1v) is 11.2. The predicted octanol–water partition coefficient (Wildman–Crippen LogP) is 4.22. The normalized spacial score (nSPS) is 15.6. The predicted molar refractivity (Wildman–Crippen MR) is 106 cm³/mol. The molecular weight excluding hydrogens is 401 g/mol. The Balaban J connectivity index is 1.87. The minimum Gasteiger partial charge on any atom is -0.342 e. The Hall–Kier alpha value is -2.32. The van der Waals surface area contributed by atoms with Gasteiger partial charge in [0.1, 0.15) is 0 Å². The smallest absolute Gasteiger partial charge is 0.342 e. The zero-order valence-corrected chi connectivity index (χ0v) is 16.7. The summed E-state index contributed by atoms with van der Waals surface area (Å²) >= 11 is 0. The highest BCUT2D eigenvalue weighted by atomic mass is 32.2. The third kappa shape index (κ3) is 3.79. The first kappa shape index (κ1) is 20.0. The van der Waals surface area contributed by atoms with Gasteiger partial charge in [0.25, 0.3) is 0 Å². The van der Waals surface area contributed by atoms with E-state index in [4.69, 9.17) is 0 Å². The first-order chi connectivity index (χ1) is 13.7. The van der Waals surface area contributed by atoms with Crippen molar-refractivity contribution in [3.8, 4) is 0 Å². The lowest BCUT2D eigenvalue weighted by Crippen LogP contribution is -2.31. The summed E-state index contributed by atoms with van der Waals surface area (Å²) in [4.78, 5) is 0. The molecule has 0 radical (unpaired) electrons. The molecule has 3 aromatic rings. The average molecular weight is 422 g/mol. The molecule has 1 aliphatic rings. The second-order valence-electron chi connectivity index (χ2n) is 7.37. The fourth-order valence-electron chi connectivity index (χ4n) is 4.16. The fraction of sp³-hybridized carbons (Fsp3) is 0.333. The summed E-state index contributed by atoms with van der Waals surface area (Å²) in [5.74, 6) is 0. The van der Waals surface area contributed by atoms with Gasteiger partial charge in [-0.05, 0) is 24.0 Å². The van der Waals surface area contributed by atoms with Crippen molar-refractivity contribution in [1.82, 2.24) is 8.87 Å². The van der Waals surface area contributed by atoms with Gasteiger partial charge < -0.3 is 4.57 Å². The number of sulfonamides is 1. The number of hydrogen-bond donors (Lipinski definition) is 0. The highest BCUT2D eigenvalue weighted by Crippen LogP contribution is 2.42. The second-order valence-corrected chi connectivity index (χ2v) is 9.35. The standard InChI is InChI=1S/C21H21F3N2O2S/c1-29(27,28)25-12-13-26-18(11-10-15-6-3-2-4-7-15)19(21(22,23)24)17-9-5-8-16(14-25)20(17)26/h2-9H,10-14H2,1H3. The van der Waals surface area contributed by atoms with E-state index in [1.165, 1.54) is 10.4 Å². The van der Waals surface area contributed by atoms with E-state index < -0.39 is 21.8 Å². The van der Waals surface area contributed by atoms with Crippen LogP contribution in [0.2, 0.25) is 0 Å². The van der Waals surface area contributed by atoms with Gasteiger partial charge in [-0.3, -0.25) is 0 Å². The van der Waals surface area contributed by atoms with E-state index in [-0.39, 0.29) is 37.1 Å². The van der Waals surface area contributed by atoms with Crippen LogP contribution in [0.4, 0.5) is 13.2 Å². The lowest BCUT2D eigenvalue weighted by molar-refractivity contribution is -0.137. The zero-order chi connectivity index (χ0) is 20.8. The molecule has 0 spiro atoms. The molecule has 0 atom stereocenters. The van der Waals surface area contributed by atoms with Crippen molar-refractivity contribution in [3.63, 3.8) is 0 Å². The third-order valence-corrected chi connectivity index (χ3v) is 6.69. The molecule has 8 heteroatoms. The maximum atomic E-state index is 14.1. The van der Waals surface area contributed by atoms with Crippen LogP contribution in [0.5, 0.6) is 0 Å². The highest BCUT2D eigenvalue weighted by molar-refractivity contribution is 7.88. The number of benzene rings is 2. The zero-order valence-electron chi connectivity index (χ0n) is 15.9. The number of hydrogen-bond acceptors (Lipinski definition) is 2. The van der Waals surface area contributed by atoms with Crippen molar-refractivity contribution in [2.24, 2.45) is 0 Å². The summed E-state index contributed by atoms with van der Waals surface area (Å²) in [7, 11) is -3.45. The van der Waals surface area contributed by atoms with Crippen molar-refractivity contribution >= 4 is 20.9 Å². The molecule has 4 nitrogen and oxygen atoms in total. The fourth-order valence-corrected chi connectivity index (χ4v) is 4.95. The molecule has 0 unspecified atom stereocenters. The molecule has 29 heavy (non-hydrogen) atoms. The lowest BCUT2D eigenvalue weighted by Gasteiger charge is -2.18. The van der Waals surface area contributed by atoms with E-state index in [0.717, 1.165) is 11.8 Å². The molecule has 0 amide bonds. The molecule has 0 fully saturated rings. The van der Waals surface area contributed by atoms with E-state index in [1.54, 1.807) is 16.7 Å². The lowest BCUT2D eigenvalue weighted by atomic mass is 10.0. The van der Waals surface area contributed by atoms with E-state index >= 15 is 0 Å².